The first-order valence-electron chi connectivity index (χ1n) is 6.08. The van der Waals surface area contributed by atoms with Crippen molar-refractivity contribution in [3.8, 4) is 0 Å². The molecule has 0 aromatic carbocycles. The summed E-state index contributed by atoms with van der Waals surface area (Å²) in [5.74, 6) is -0.124. The lowest BCUT2D eigenvalue weighted by Gasteiger charge is -2.18. The zero-order valence-corrected chi connectivity index (χ0v) is 12.3. The van der Waals surface area contributed by atoms with Gasteiger partial charge in [-0.1, -0.05) is 18.7 Å². The zero-order chi connectivity index (χ0) is 14.3. The van der Waals surface area contributed by atoms with Crippen molar-refractivity contribution in [1.29, 1.82) is 0 Å². The van der Waals surface area contributed by atoms with E-state index >= 15 is 0 Å². The van der Waals surface area contributed by atoms with E-state index in [-0.39, 0.29) is 5.75 Å². The van der Waals surface area contributed by atoms with E-state index in [4.69, 9.17) is 9.84 Å². The molecule has 0 amide bonds. The van der Waals surface area contributed by atoms with Crippen LogP contribution in [0, 0.1) is 0 Å². The first kappa shape index (κ1) is 15.8. The van der Waals surface area contributed by atoms with Crippen LogP contribution in [-0.4, -0.2) is 58.9 Å². The van der Waals surface area contributed by atoms with Crippen molar-refractivity contribution in [3.63, 3.8) is 0 Å². The molecule has 1 rings (SSSR count). The monoisotopic (exact) mass is 288 g/mol. The minimum Gasteiger partial charge on any atom is -0.481 e. The number of hydrogen-bond donors (Lipinski definition) is 1. The number of ether oxygens (including phenoxy) is 1. The Labute approximate surface area is 116 Å². The number of carbonyl (C=O) groups is 1. The molecule has 0 aliphatic heterocycles. The summed E-state index contributed by atoms with van der Waals surface area (Å²) < 4.78 is 6.99. The van der Waals surface area contributed by atoms with Gasteiger partial charge in [0.05, 0.1) is 12.4 Å². The molecule has 0 radical (unpaired) electrons. The Morgan fingerprint density at radius 1 is 1.53 bits per heavy atom. The van der Waals surface area contributed by atoms with Crippen molar-refractivity contribution in [2.75, 3.05) is 38.0 Å². The molecule has 0 spiro atoms. The van der Waals surface area contributed by atoms with Crippen molar-refractivity contribution in [2.45, 2.75) is 25.0 Å². The number of carboxylic acid groups (broad SMARTS) is 1. The molecule has 0 saturated carbocycles. The van der Waals surface area contributed by atoms with E-state index in [1.165, 1.54) is 11.8 Å². The number of likely N-dealkylation sites (N-methyl/N-ethyl adjacent to an activating group) is 1. The predicted molar refractivity (Wildman–Crippen MR) is 73.8 cm³/mol. The fourth-order valence-corrected chi connectivity index (χ4v) is 2.22. The van der Waals surface area contributed by atoms with E-state index in [0.29, 0.717) is 18.3 Å². The highest BCUT2D eigenvalue weighted by Gasteiger charge is 2.16. The lowest BCUT2D eigenvalue weighted by Crippen LogP contribution is -2.25. The quantitative estimate of drug-likeness (QED) is 0.677. The first-order valence-corrected chi connectivity index (χ1v) is 7.06. The fraction of sp³-hybridized carbons (Fsp3) is 0.727. The second-order valence-corrected chi connectivity index (χ2v) is 4.97. The molecule has 0 bridgehead atoms. The zero-order valence-electron chi connectivity index (χ0n) is 11.5. The average Bonchev–Trinajstić information content (AvgIpc) is 2.77. The molecule has 0 aliphatic rings. The Morgan fingerprint density at radius 3 is 2.84 bits per heavy atom. The molecule has 7 nitrogen and oxygen atoms in total. The number of aliphatic carboxylic acids is 1. The van der Waals surface area contributed by atoms with Gasteiger partial charge in [-0.25, -0.2) is 0 Å². The van der Waals surface area contributed by atoms with Crippen LogP contribution in [0.5, 0.6) is 0 Å². The smallest absolute Gasteiger partial charge is 0.313 e. The summed E-state index contributed by atoms with van der Waals surface area (Å²) in [7, 11) is 3.57. The van der Waals surface area contributed by atoms with Crippen LogP contribution in [0.3, 0.4) is 0 Å². The van der Waals surface area contributed by atoms with Gasteiger partial charge in [0.15, 0.2) is 5.16 Å². The van der Waals surface area contributed by atoms with E-state index in [0.717, 1.165) is 18.9 Å². The molecule has 1 heterocycles. The summed E-state index contributed by atoms with van der Waals surface area (Å²) in [4.78, 5) is 12.6. The summed E-state index contributed by atoms with van der Waals surface area (Å²) in [6.45, 7) is 4.14. The molecule has 19 heavy (non-hydrogen) atoms. The SMILES string of the molecule is CCCn1c(SCC(=O)O)nnc1N(C)CCOC. The van der Waals surface area contributed by atoms with E-state index in [1.54, 1.807) is 7.11 Å². The van der Waals surface area contributed by atoms with E-state index < -0.39 is 5.97 Å². The fourth-order valence-electron chi connectivity index (χ4n) is 1.54. The summed E-state index contributed by atoms with van der Waals surface area (Å²) in [6.07, 6.45) is 0.934. The van der Waals surface area contributed by atoms with Gasteiger partial charge in [-0.05, 0) is 6.42 Å². The number of rotatable bonds is 9. The lowest BCUT2D eigenvalue weighted by atomic mass is 10.5. The van der Waals surface area contributed by atoms with Gasteiger partial charge in [-0.2, -0.15) is 0 Å². The number of methoxy groups -OCH3 is 1. The maximum Gasteiger partial charge on any atom is 0.313 e. The van der Waals surface area contributed by atoms with Gasteiger partial charge < -0.3 is 14.7 Å². The van der Waals surface area contributed by atoms with Crippen molar-refractivity contribution in [1.82, 2.24) is 14.8 Å². The summed E-state index contributed by atoms with van der Waals surface area (Å²) >= 11 is 1.19. The van der Waals surface area contributed by atoms with E-state index in [9.17, 15) is 4.79 Å². The third-order valence-electron chi connectivity index (χ3n) is 2.44. The van der Waals surface area contributed by atoms with E-state index in [2.05, 4.69) is 17.1 Å². The minimum absolute atomic E-state index is 0.0103. The van der Waals surface area contributed by atoms with E-state index in [1.807, 2.05) is 16.5 Å². The van der Waals surface area contributed by atoms with Crippen LogP contribution in [-0.2, 0) is 16.1 Å². The van der Waals surface area contributed by atoms with Crippen LogP contribution in [0.4, 0.5) is 5.95 Å². The van der Waals surface area contributed by atoms with Crippen LogP contribution in [0.25, 0.3) is 0 Å². The molecule has 0 saturated heterocycles. The van der Waals surface area contributed by atoms with Gasteiger partial charge in [0.1, 0.15) is 0 Å². The van der Waals surface area contributed by atoms with Gasteiger partial charge >= 0.3 is 5.97 Å². The number of anilines is 1. The van der Waals surface area contributed by atoms with Gasteiger partial charge in [-0.3, -0.25) is 9.36 Å². The molecule has 0 fully saturated rings. The van der Waals surface area contributed by atoms with Crippen molar-refractivity contribution in [3.05, 3.63) is 0 Å². The molecule has 1 aromatic heterocycles. The molecule has 8 heteroatoms. The minimum atomic E-state index is -0.856. The highest BCUT2D eigenvalue weighted by Crippen LogP contribution is 2.21. The second-order valence-electron chi connectivity index (χ2n) is 4.03. The maximum absolute atomic E-state index is 10.6. The Bertz CT molecular complexity index is 411. The van der Waals surface area contributed by atoms with Gasteiger partial charge in [0.2, 0.25) is 5.95 Å². The summed E-state index contributed by atoms with van der Waals surface area (Å²) in [6, 6.07) is 0. The van der Waals surface area contributed by atoms with Gasteiger partial charge in [0, 0.05) is 27.2 Å². The highest BCUT2D eigenvalue weighted by molar-refractivity contribution is 7.99. The molecule has 1 N–H and O–H groups in total. The van der Waals surface area contributed by atoms with Crippen molar-refractivity contribution in [2.24, 2.45) is 0 Å². The van der Waals surface area contributed by atoms with Crippen molar-refractivity contribution < 1.29 is 14.6 Å². The topological polar surface area (TPSA) is 80.5 Å². The second kappa shape index (κ2) is 8.00. The Balaban J connectivity index is 2.82. The Kier molecular flexibility index (Phi) is 6.65. The third-order valence-corrected chi connectivity index (χ3v) is 3.39. The number of thioether (sulfide) groups is 1. The summed E-state index contributed by atoms with van der Waals surface area (Å²) in [5, 5.41) is 17.6. The summed E-state index contributed by atoms with van der Waals surface area (Å²) in [5.41, 5.74) is 0. The first-order chi connectivity index (χ1) is 9.10. The molecule has 108 valence electrons. The van der Waals surface area contributed by atoms with Gasteiger partial charge in [-0.15, -0.1) is 10.2 Å². The van der Waals surface area contributed by atoms with Gasteiger partial charge in [0.25, 0.3) is 0 Å². The standard InChI is InChI=1S/C11H20N4O3S/c1-4-5-15-10(14(2)6-7-18-3)12-13-11(15)19-8-9(16)17/h4-8H2,1-3H3,(H,16,17). The van der Waals surface area contributed by atoms with Crippen LogP contribution in [0.1, 0.15) is 13.3 Å². The number of hydrogen-bond acceptors (Lipinski definition) is 6. The largest absolute Gasteiger partial charge is 0.481 e. The molecular formula is C11H20N4O3S. The Hall–Kier alpha value is -1.28. The highest BCUT2D eigenvalue weighted by atomic mass is 32.2. The number of aromatic nitrogens is 3. The average molecular weight is 288 g/mol. The molecule has 0 aliphatic carbocycles. The third kappa shape index (κ3) is 4.71. The Morgan fingerprint density at radius 2 is 2.26 bits per heavy atom. The van der Waals surface area contributed by atoms with Crippen LogP contribution >= 0.6 is 11.8 Å². The number of nitrogens with zero attached hydrogens (tertiary/aromatic N) is 4. The molecular weight excluding hydrogens is 268 g/mol. The maximum atomic E-state index is 10.6. The molecule has 0 unspecified atom stereocenters. The molecule has 1 aromatic rings. The van der Waals surface area contributed by atoms with Crippen LogP contribution in [0.15, 0.2) is 5.16 Å². The lowest BCUT2D eigenvalue weighted by molar-refractivity contribution is -0.133. The van der Waals surface area contributed by atoms with Crippen LogP contribution < -0.4 is 4.90 Å². The van der Waals surface area contributed by atoms with Crippen LogP contribution in [0.2, 0.25) is 0 Å². The number of carboxylic acids is 1. The molecule has 0 atom stereocenters. The normalized spacial score (nSPS) is 10.7. The van der Waals surface area contributed by atoms with Crippen molar-refractivity contribution >= 4 is 23.7 Å². The predicted octanol–water partition coefficient (Wildman–Crippen LogP) is 0.947.